The lowest BCUT2D eigenvalue weighted by Gasteiger charge is -2.03. The molecule has 0 saturated heterocycles. The van der Waals surface area contributed by atoms with Gasteiger partial charge in [-0.25, -0.2) is 4.98 Å². The van der Waals surface area contributed by atoms with Crippen molar-refractivity contribution in [2.75, 3.05) is 5.32 Å². The predicted octanol–water partition coefficient (Wildman–Crippen LogP) is 3.40. The number of ketones is 1. The van der Waals surface area contributed by atoms with Gasteiger partial charge in [-0.3, -0.25) is 9.59 Å². The Bertz CT molecular complexity index is 584. The standard InChI is InChI=1S/C13H11ClN2O2S/c14-9-5-6-15-12(8-9)16-13(18)4-3-10(17)11-2-1-7-19-11/h1-2,5-8H,3-4H2,(H,15,16,18). The van der Waals surface area contributed by atoms with Gasteiger partial charge in [0.25, 0.3) is 0 Å². The monoisotopic (exact) mass is 294 g/mol. The topological polar surface area (TPSA) is 59.1 Å². The SMILES string of the molecule is O=C(CCC(=O)c1cccs1)Nc1cc(Cl)ccn1. The van der Waals surface area contributed by atoms with Gasteiger partial charge in [0.05, 0.1) is 4.88 Å². The Hall–Kier alpha value is -1.72. The molecule has 0 aliphatic heterocycles. The van der Waals surface area contributed by atoms with E-state index in [-0.39, 0.29) is 24.5 Å². The van der Waals surface area contributed by atoms with Gasteiger partial charge < -0.3 is 5.32 Å². The van der Waals surface area contributed by atoms with Gasteiger partial charge in [0, 0.05) is 24.1 Å². The second kappa shape index (κ2) is 6.45. The molecule has 0 radical (unpaired) electrons. The highest BCUT2D eigenvalue weighted by atomic mass is 35.5. The number of Topliss-reactive ketones (excluding diaryl/α,β-unsaturated/α-hetero) is 1. The van der Waals surface area contributed by atoms with Crippen LogP contribution in [0.15, 0.2) is 35.8 Å². The summed E-state index contributed by atoms with van der Waals surface area (Å²) in [5.74, 6) is 0.116. The van der Waals surface area contributed by atoms with E-state index in [1.165, 1.54) is 17.5 Å². The summed E-state index contributed by atoms with van der Waals surface area (Å²) in [6.07, 6.45) is 1.83. The molecule has 19 heavy (non-hydrogen) atoms. The molecule has 1 amide bonds. The fourth-order valence-corrected chi connectivity index (χ4v) is 2.32. The molecule has 0 aliphatic rings. The number of aromatic nitrogens is 1. The molecule has 2 aromatic rings. The molecule has 4 nitrogen and oxygen atoms in total. The summed E-state index contributed by atoms with van der Waals surface area (Å²) in [7, 11) is 0. The number of halogens is 1. The van der Waals surface area contributed by atoms with Crippen molar-refractivity contribution in [1.29, 1.82) is 0 Å². The van der Waals surface area contributed by atoms with E-state index in [9.17, 15) is 9.59 Å². The second-order valence-corrected chi connectivity index (χ2v) is 5.19. The first-order chi connectivity index (χ1) is 9.15. The molecular formula is C13H11ClN2O2S. The van der Waals surface area contributed by atoms with Gasteiger partial charge in [-0.2, -0.15) is 0 Å². The molecule has 0 atom stereocenters. The molecule has 2 aromatic heterocycles. The van der Waals surface area contributed by atoms with Gasteiger partial charge in [-0.1, -0.05) is 17.7 Å². The zero-order valence-electron chi connectivity index (χ0n) is 9.93. The highest BCUT2D eigenvalue weighted by Gasteiger charge is 2.10. The van der Waals surface area contributed by atoms with Crippen molar-refractivity contribution in [2.45, 2.75) is 12.8 Å². The number of carbonyl (C=O) groups excluding carboxylic acids is 2. The number of nitrogens with zero attached hydrogens (tertiary/aromatic N) is 1. The summed E-state index contributed by atoms with van der Waals surface area (Å²) in [5, 5.41) is 4.94. The molecular weight excluding hydrogens is 284 g/mol. The zero-order valence-corrected chi connectivity index (χ0v) is 11.5. The Labute approximate surface area is 119 Å². The minimum Gasteiger partial charge on any atom is -0.311 e. The minimum absolute atomic E-state index is 0.0239. The first kappa shape index (κ1) is 13.7. The zero-order chi connectivity index (χ0) is 13.7. The van der Waals surface area contributed by atoms with Crippen molar-refractivity contribution in [2.24, 2.45) is 0 Å². The van der Waals surface area contributed by atoms with E-state index in [1.807, 2.05) is 11.4 Å². The molecule has 0 saturated carbocycles. The normalized spacial score (nSPS) is 10.2. The lowest BCUT2D eigenvalue weighted by atomic mass is 10.2. The fraction of sp³-hybridized carbons (Fsp3) is 0.154. The number of nitrogens with one attached hydrogen (secondary N) is 1. The third-order valence-electron chi connectivity index (χ3n) is 2.36. The maximum Gasteiger partial charge on any atom is 0.225 e. The van der Waals surface area contributed by atoms with E-state index < -0.39 is 0 Å². The average Bonchev–Trinajstić information content (AvgIpc) is 2.90. The lowest BCUT2D eigenvalue weighted by molar-refractivity contribution is -0.116. The fourth-order valence-electron chi connectivity index (χ4n) is 1.47. The molecule has 98 valence electrons. The Morgan fingerprint density at radius 1 is 1.32 bits per heavy atom. The number of hydrogen-bond acceptors (Lipinski definition) is 4. The summed E-state index contributed by atoms with van der Waals surface area (Å²) in [6.45, 7) is 0. The lowest BCUT2D eigenvalue weighted by Crippen LogP contribution is -2.14. The van der Waals surface area contributed by atoms with Crippen molar-refractivity contribution in [3.63, 3.8) is 0 Å². The number of rotatable bonds is 5. The third-order valence-corrected chi connectivity index (χ3v) is 3.51. The van der Waals surface area contributed by atoms with Gasteiger partial charge in [-0.15, -0.1) is 11.3 Å². The number of pyridine rings is 1. The number of amides is 1. The Balaban J connectivity index is 1.83. The van der Waals surface area contributed by atoms with Crippen LogP contribution in [0.2, 0.25) is 5.02 Å². The molecule has 0 bridgehead atoms. The average molecular weight is 295 g/mol. The maximum atomic E-state index is 11.7. The Kier molecular flexibility index (Phi) is 4.65. The van der Waals surface area contributed by atoms with Gasteiger partial charge in [0.2, 0.25) is 5.91 Å². The highest BCUT2D eigenvalue weighted by molar-refractivity contribution is 7.12. The van der Waals surface area contributed by atoms with Crippen molar-refractivity contribution in [1.82, 2.24) is 4.98 Å². The molecule has 0 spiro atoms. The van der Waals surface area contributed by atoms with Crippen LogP contribution in [-0.2, 0) is 4.79 Å². The Morgan fingerprint density at radius 2 is 2.16 bits per heavy atom. The summed E-state index contributed by atoms with van der Waals surface area (Å²) in [5.41, 5.74) is 0. The summed E-state index contributed by atoms with van der Waals surface area (Å²) in [4.78, 5) is 28.0. The smallest absolute Gasteiger partial charge is 0.225 e. The molecule has 0 fully saturated rings. The predicted molar refractivity (Wildman–Crippen MR) is 75.8 cm³/mol. The summed E-state index contributed by atoms with van der Waals surface area (Å²) >= 11 is 7.16. The minimum atomic E-state index is -0.250. The Morgan fingerprint density at radius 3 is 2.84 bits per heavy atom. The van der Waals surface area contributed by atoms with Crippen molar-refractivity contribution < 1.29 is 9.59 Å². The van der Waals surface area contributed by atoms with Crippen LogP contribution in [-0.4, -0.2) is 16.7 Å². The van der Waals surface area contributed by atoms with E-state index >= 15 is 0 Å². The van der Waals surface area contributed by atoms with E-state index in [1.54, 1.807) is 18.2 Å². The first-order valence-corrected chi connectivity index (χ1v) is 6.89. The number of carbonyl (C=O) groups is 2. The summed E-state index contributed by atoms with van der Waals surface area (Å²) < 4.78 is 0. The first-order valence-electron chi connectivity index (χ1n) is 5.63. The summed E-state index contributed by atoms with van der Waals surface area (Å²) in [6, 6.07) is 6.75. The number of hydrogen-bond donors (Lipinski definition) is 1. The molecule has 6 heteroatoms. The van der Waals surface area contributed by atoms with Crippen LogP contribution in [0.25, 0.3) is 0 Å². The van der Waals surface area contributed by atoms with Crippen LogP contribution >= 0.6 is 22.9 Å². The molecule has 0 unspecified atom stereocenters. The van der Waals surface area contributed by atoms with Crippen LogP contribution < -0.4 is 5.32 Å². The second-order valence-electron chi connectivity index (χ2n) is 3.81. The molecule has 2 heterocycles. The van der Waals surface area contributed by atoms with Gasteiger partial charge in [0.15, 0.2) is 5.78 Å². The van der Waals surface area contributed by atoms with Crippen molar-refractivity contribution in [3.05, 3.63) is 45.7 Å². The quantitative estimate of drug-likeness (QED) is 0.860. The molecule has 1 N–H and O–H groups in total. The van der Waals surface area contributed by atoms with Crippen LogP contribution in [0.5, 0.6) is 0 Å². The van der Waals surface area contributed by atoms with Crippen molar-refractivity contribution >= 4 is 40.4 Å². The van der Waals surface area contributed by atoms with E-state index in [0.29, 0.717) is 15.7 Å². The van der Waals surface area contributed by atoms with E-state index in [2.05, 4.69) is 10.3 Å². The molecule has 2 rings (SSSR count). The van der Waals surface area contributed by atoms with Crippen molar-refractivity contribution in [3.8, 4) is 0 Å². The largest absolute Gasteiger partial charge is 0.311 e. The van der Waals surface area contributed by atoms with Gasteiger partial charge in [0.1, 0.15) is 5.82 Å². The highest BCUT2D eigenvalue weighted by Crippen LogP contribution is 2.14. The molecule has 0 aliphatic carbocycles. The molecule has 0 aromatic carbocycles. The van der Waals surface area contributed by atoms with Crippen LogP contribution in [0.4, 0.5) is 5.82 Å². The third kappa shape index (κ3) is 4.15. The van der Waals surface area contributed by atoms with Gasteiger partial charge in [-0.05, 0) is 23.6 Å². The number of anilines is 1. The van der Waals surface area contributed by atoms with E-state index in [0.717, 1.165) is 0 Å². The maximum absolute atomic E-state index is 11.7. The van der Waals surface area contributed by atoms with Crippen LogP contribution in [0, 0.1) is 0 Å². The van der Waals surface area contributed by atoms with E-state index in [4.69, 9.17) is 11.6 Å². The van der Waals surface area contributed by atoms with Crippen LogP contribution in [0.3, 0.4) is 0 Å². The van der Waals surface area contributed by atoms with Gasteiger partial charge >= 0.3 is 0 Å². The number of thiophene rings is 1. The van der Waals surface area contributed by atoms with Crippen LogP contribution in [0.1, 0.15) is 22.5 Å².